The van der Waals surface area contributed by atoms with Crippen LogP contribution in [0.15, 0.2) is 12.1 Å². The van der Waals surface area contributed by atoms with Crippen molar-refractivity contribution in [3.63, 3.8) is 0 Å². The van der Waals surface area contributed by atoms with Gasteiger partial charge >= 0.3 is 0 Å². The predicted molar refractivity (Wildman–Crippen MR) is 74.2 cm³/mol. The molecule has 0 spiro atoms. The molecular formula is C14H17N3O2. The van der Waals surface area contributed by atoms with Gasteiger partial charge < -0.3 is 14.9 Å². The van der Waals surface area contributed by atoms with Crippen LogP contribution in [0.4, 0.5) is 5.69 Å². The zero-order valence-electron chi connectivity index (χ0n) is 11.1. The minimum absolute atomic E-state index is 0.550. The number of hydrogen-bond donors (Lipinski definition) is 2. The Kier molecular flexibility index (Phi) is 3.00. The van der Waals surface area contributed by atoms with Crippen LogP contribution in [-0.2, 0) is 17.8 Å². The Hall–Kier alpha value is -1.85. The van der Waals surface area contributed by atoms with E-state index in [4.69, 9.17) is 20.3 Å². The van der Waals surface area contributed by atoms with Gasteiger partial charge in [0.05, 0.1) is 37.2 Å². The average molecular weight is 259 g/mol. The van der Waals surface area contributed by atoms with Crippen molar-refractivity contribution in [2.45, 2.75) is 20.0 Å². The Balaban J connectivity index is 2.36. The molecule has 1 aliphatic rings. The number of methoxy groups -OCH3 is 1. The first-order valence-corrected chi connectivity index (χ1v) is 6.29. The summed E-state index contributed by atoms with van der Waals surface area (Å²) in [4.78, 5) is 4.77. The number of nitrogens with one attached hydrogen (secondary N) is 1. The summed E-state index contributed by atoms with van der Waals surface area (Å²) < 4.78 is 10.8. The normalized spacial score (nSPS) is 14.3. The molecule has 19 heavy (non-hydrogen) atoms. The maximum Gasteiger partial charge on any atom is 0.119 e. The molecule has 0 unspecified atom stereocenters. The number of nitrogens with zero attached hydrogens (tertiary/aromatic N) is 1. The average Bonchev–Trinajstić information content (AvgIpc) is 2.45. The van der Waals surface area contributed by atoms with Crippen molar-refractivity contribution in [3.8, 4) is 5.75 Å². The lowest BCUT2D eigenvalue weighted by atomic mass is 10.0. The lowest BCUT2D eigenvalue weighted by Gasteiger charge is -2.21. The van der Waals surface area contributed by atoms with E-state index in [-0.39, 0.29) is 0 Å². The summed E-state index contributed by atoms with van der Waals surface area (Å²) >= 11 is 0. The third-order valence-electron chi connectivity index (χ3n) is 3.55. The fraction of sp³-hybridized carbons (Fsp3) is 0.357. The van der Waals surface area contributed by atoms with Gasteiger partial charge in [0.25, 0.3) is 0 Å². The first-order chi connectivity index (χ1) is 9.24. The first-order valence-electron chi connectivity index (χ1n) is 6.29. The number of hydrazine groups is 1. The van der Waals surface area contributed by atoms with Gasteiger partial charge in [-0.05, 0) is 24.6 Å². The van der Waals surface area contributed by atoms with Crippen LogP contribution in [-0.4, -0.2) is 18.7 Å². The van der Waals surface area contributed by atoms with E-state index in [1.165, 1.54) is 0 Å². The first kappa shape index (κ1) is 12.2. The molecule has 3 N–H and O–H groups in total. The highest BCUT2D eigenvalue weighted by Gasteiger charge is 2.19. The van der Waals surface area contributed by atoms with E-state index in [1.54, 1.807) is 7.11 Å². The molecule has 0 saturated carbocycles. The molecule has 1 aromatic carbocycles. The number of anilines is 1. The van der Waals surface area contributed by atoms with Crippen LogP contribution in [0.3, 0.4) is 0 Å². The zero-order chi connectivity index (χ0) is 13.4. The van der Waals surface area contributed by atoms with Crippen LogP contribution >= 0.6 is 0 Å². The van der Waals surface area contributed by atoms with E-state index >= 15 is 0 Å². The second kappa shape index (κ2) is 4.68. The van der Waals surface area contributed by atoms with Crippen molar-refractivity contribution >= 4 is 16.6 Å². The number of rotatable bonds is 2. The number of nitrogens with two attached hydrogens (primary N) is 1. The molecule has 0 saturated heterocycles. The third kappa shape index (κ3) is 1.91. The number of benzene rings is 1. The minimum Gasteiger partial charge on any atom is -0.497 e. The van der Waals surface area contributed by atoms with Gasteiger partial charge in [0.15, 0.2) is 0 Å². The second-order valence-corrected chi connectivity index (χ2v) is 4.70. The monoisotopic (exact) mass is 259 g/mol. The molecule has 3 rings (SSSR count). The van der Waals surface area contributed by atoms with Crippen LogP contribution in [0.5, 0.6) is 5.75 Å². The minimum atomic E-state index is 0.550. The van der Waals surface area contributed by atoms with E-state index in [9.17, 15) is 0 Å². The fourth-order valence-electron chi connectivity index (χ4n) is 2.58. The second-order valence-electron chi connectivity index (χ2n) is 4.70. The smallest absolute Gasteiger partial charge is 0.119 e. The Morgan fingerprint density at radius 3 is 3.00 bits per heavy atom. The van der Waals surface area contributed by atoms with Crippen molar-refractivity contribution in [2.75, 3.05) is 19.1 Å². The Morgan fingerprint density at radius 2 is 2.26 bits per heavy atom. The lowest BCUT2D eigenvalue weighted by molar-refractivity contribution is 0.110. The van der Waals surface area contributed by atoms with Gasteiger partial charge in [-0.2, -0.15) is 0 Å². The summed E-state index contributed by atoms with van der Waals surface area (Å²) in [7, 11) is 1.66. The van der Waals surface area contributed by atoms with Crippen molar-refractivity contribution in [3.05, 3.63) is 29.0 Å². The van der Waals surface area contributed by atoms with Crippen LogP contribution in [0, 0.1) is 6.92 Å². The van der Waals surface area contributed by atoms with Crippen LogP contribution in [0.1, 0.15) is 16.8 Å². The quantitative estimate of drug-likeness (QED) is 0.637. The largest absolute Gasteiger partial charge is 0.497 e. The van der Waals surface area contributed by atoms with Crippen molar-refractivity contribution < 1.29 is 9.47 Å². The number of aryl methyl sites for hydroxylation is 1. The van der Waals surface area contributed by atoms with Crippen molar-refractivity contribution in [1.29, 1.82) is 0 Å². The van der Waals surface area contributed by atoms with Crippen LogP contribution in [0.2, 0.25) is 0 Å². The molecule has 0 bridgehead atoms. The number of nitrogen functional groups attached to an aromatic ring is 1. The van der Waals surface area contributed by atoms with Crippen LogP contribution in [0.25, 0.3) is 10.9 Å². The maximum atomic E-state index is 5.71. The van der Waals surface area contributed by atoms with Crippen LogP contribution < -0.4 is 16.0 Å². The fourth-order valence-corrected chi connectivity index (χ4v) is 2.58. The van der Waals surface area contributed by atoms with Gasteiger partial charge in [0.2, 0.25) is 0 Å². The van der Waals surface area contributed by atoms with Gasteiger partial charge in [0.1, 0.15) is 5.75 Å². The molecule has 5 nitrogen and oxygen atoms in total. The summed E-state index contributed by atoms with van der Waals surface area (Å²) in [6.45, 7) is 3.29. The highest BCUT2D eigenvalue weighted by Crippen LogP contribution is 2.34. The molecule has 0 aliphatic carbocycles. The predicted octanol–water partition coefficient (Wildman–Crippen LogP) is 1.91. The lowest BCUT2D eigenvalue weighted by Crippen LogP contribution is -2.18. The van der Waals surface area contributed by atoms with Gasteiger partial charge in [0, 0.05) is 17.4 Å². The molecule has 5 heteroatoms. The topological polar surface area (TPSA) is 69.4 Å². The van der Waals surface area contributed by atoms with E-state index in [0.29, 0.717) is 13.2 Å². The summed E-state index contributed by atoms with van der Waals surface area (Å²) in [5.41, 5.74) is 7.86. The molecule has 2 heterocycles. The third-order valence-corrected chi connectivity index (χ3v) is 3.55. The van der Waals surface area contributed by atoms with E-state index < -0.39 is 0 Å². The Bertz CT molecular complexity index is 640. The van der Waals surface area contributed by atoms with Gasteiger partial charge in [-0.1, -0.05) is 0 Å². The highest BCUT2D eigenvalue weighted by atomic mass is 16.5. The number of pyridine rings is 1. The standard InChI is InChI=1S/C14H17N3O2/c1-8-5-9(18-2)6-10-13(8)16-12-3-4-19-7-11(12)14(10)17-15/h5-6H,3-4,7,15H2,1-2H3,(H,16,17). The summed E-state index contributed by atoms with van der Waals surface area (Å²) in [5, 5.41) is 0.976. The SMILES string of the molecule is COc1cc(C)c2nc3c(c(NN)c2c1)COCC3. The highest BCUT2D eigenvalue weighted by molar-refractivity contribution is 5.96. The van der Waals surface area contributed by atoms with Crippen molar-refractivity contribution in [2.24, 2.45) is 5.84 Å². The molecular weight excluding hydrogens is 242 g/mol. The Labute approximate surface area is 111 Å². The summed E-state index contributed by atoms with van der Waals surface area (Å²) in [5.74, 6) is 6.51. The molecule has 1 aromatic heterocycles. The van der Waals surface area contributed by atoms with Gasteiger partial charge in [-0.15, -0.1) is 0 Å². The molecule has 0 amide bonds. The van der Waals surface area contributed by atoms with Gasteiger partial charge in [-0.25, -0.2) is 0 Å². The van der Waals surface area contributed by atoms with E-state index in [1.807, 2.05) is 19.1 Å². The molecule has 0 atom stereocenters. The zero-order valence-corrected chi connectivity index (χ0v) is 11.1. The summed E-state index contributed by atoms with van der Waals surface area (Å²) in [6, 6.07) is 3.95. The number of hydrogen-bond acceptors (Lipinski definition) is 5. The van der Waals surface area contributed by atoms with Crippen molar-refractivity contribution in [1.82, 2.24) is 4.98 Å². The number of aromatic nitrogens is 1. The maximum absolute atomic E-state index is 5.71. The molecule has 2 aromatic rings. The van der Waals surface area contributed by atoms with E-state index in [2.05, 4.69) is 5.43 Å². The van der Waals surface area contributed by atoms with Gasteiger partial charge in [-0.3, -0.25) is 10.8 Å². The summed E-state index contributed by atoms with van der Waals surface area (Å²) in [6.07, 6.45) is 0.825. The molecule has 0 fully saturated rings. The Morgan fingerprint density at radius 1 is 1.42 bits per heavy atom. The molecule has 0 radical (unpaired) electrons. The van der Waals surface area contributed by atoms with E-state index in [0.717, 1.165) is 45.6 Å². The number of fused-ring (bicyclic) bond motifs is 2. The number of ether oxygens (including phenoxy) is 2. The molecule has 1 aliphatic heterocycles. The molecule has 100 valence electrons.